The maximum absolute atomic E-state index is 13.0. The van der Waals surface area contributed by atoms with Crippen LogP contribution in [0.2, 0.25) is 5.02 Å². The minimum atomic E-state index is -0.488. The van der Waals surface area contributed by atoms with Gasteiger partial charge in [0, 0.05) is 11.6 Å². The molecule has 0 radical (unpaired) electrons. The molecule has 8 heteroatoms. The Morgan fingerprint density at radius 2 is 1.76 bits per heavy atom. The number of carbonyl (C=O) groups excluding carboxylic acids is 1. The summed E-state index contributed by atoms with van der Waals surface area (Å²) in [5.74, 6) is 0.486. The Morgan fingerprint density at radius 1 is 1.03 bits per heavy atom. The van der Waals surface area contributed by atoms with E-state index in [0.717, 1.165) is 0 Å². The van der Waals surface area contributed by atoms with Gasteiger partial charge in [-0.3, -0.25) is 9.59 Å². The van der Waals surface area contributed by atoms with Crippen LogP contribution in [-0.4, -0.2) is 27.8 Å². The fourth-order valence-electron chi connectivity index (χ4n) is 2.88. The first-order valence-corrected chi connectivity index (χ1v) is 9.04. The zero-order chi connectivity index (χ0) is 20.4. The van der Waals surface area contributed by atoms with Crippen LogP contribution in [0.15, 0.2) is 71.7 Å². The zero-order valence-corrected chi connectivity index (χ0v) is 16.1. The Hall–Kier alpha value is -3.71. The van der Waals surface area contributed by atoms with E-state index in [1.54, 1.807) is 67.8 Å². The first-order chi connectivity index (χ1) is 14.1. The van der Waals surface area contributed by atoms with Crippen molar-refractivity contribution in [3.05, 3.63) is 87.9 Å². The second kappa shape index (κ2) is 7.73. The number of fused-ring (bicyclic) bond motifs is 1. The molecule has 4 rings (SSSR count). The van der Waals surface area contributed by atoms with Gasteiger partial charge in [-0.1, -0.05) is 29.8 Å². The van der Waals surface area contributed by atoms with Gasteiger partial charge in [-0.2, -0.15) is 9.78 Å². The van der Waals surface area contributed by atoms with E-state index in [-0.39, 0.29) is 11.3 Å². The smallest absolute Gasteiger partial charge is 0.279 e. The highest BCUT2D eigenvalue weighted by molar-refractivity contribution is 6.30. The van der Waals surface area contributed by atoms with Crippen molar-refractivity contribution in [2.75, 3.05) is 12.4 Å². The van der Waals surface area contributed by atoms with E-state index in [4.69, 9.17) is 16.3 Å². The molecule has 0 spiro atoms. The monoisotopic (exact) mass is 406 g/mol. The van der Waals surface area contributed by atoms with Crippen molar-refractivity contribution in [3.63, 3.8) is 0 Å². The number of amides is 1. The van der Waals surface area contributed by atoms with Gasteiger partial charge in [-0.15, -0.1) is 0 Å². The SMILES string of the molecule is COc1ccc(-n2nc(C(=O)Nc3ccc(Cl)cn3)c3ccccc3c2=O)cc1. The lowest BCUT2D eigenvalue weighted by atomic mass is 10.1. The normalized spacial score (nSPS) is 10.7. The molecule has 4 aromatic rings. The predicted octanol–water partition coefficient (Wildman–Crippen LogP) is 3.70. The number of nitrogens with zero attached hydrogens (tertiary/aromatic N) is 3. The van der Waals surface area contributed by atoms with E-state index in [2.05, 4.69) is 15.4 Å². The lowest BCUT2D eigenvalue weighted by Gasteiger charge is -2.11. The molecule has 0 atom stereocenters. The number of aromatic nitrogens is 3. The third kappa shape index (κ3) is 3.68. The number of anilines is 1. The largest absolute Gasteiger partial charge is 0.497 e. The first-order valence-electron chi connectivity index (χ1n) is 8.66. The van der Waals surface area contributed by atoms with Crippen LogP contribution in [0, 0.1) is 0 Å². The number of nitrogens with one attached hydrogen (secondary N) is 1. The summed E-state index contributed by atoms with van der Waals surface area (Å²) in [6.45, 7) is 0. The second-order valence-electron chi connectivity index (χ2n) is 6.12. The molecule has 0 saturated carbocycles. The molecule has 0 fully saturated rings. The molecule has 0 saturated heterocycles. The van der Waals surface area contributed by atoms with Gasteiger partial charge in [-0.05, 0) is 42.5 Å². The van der Waals surface area contributed by atoms with Gasteiger partial charge in [0.05, 0.1) is 23.2 Å². The Balaban J connectivity index is 1.84. The molecule has 2 aromatic carbocycles. The Morgan fingerprint density at radius 3 is 2.41 bits per heavy atom. The number of carbonyl (C=O) groups is 1. The number of ether oxygens (including phenoxy) is 1. The number of hydrogen-bond acceptors (Lipinski definition) is 5. The highest BCUT2D eigenvalue weighted by atomic mass is 35.5. The van der Waals surface area contributed by atoms with Crippen molar-refractivity contribution in [1.82, 2.24) is 14.8 Å². The van der Waals surface area contributed by atoms with Crippen LogP contribution in [0.5, 0.6) is 5.75 Å². The molecule has 29 heavy (non-hydrogen) atoms. The Labute approximate surface area is 170 Å². The van der Waals surface area contributed by atoms with E-state index >= 15 is 0 Å². The summed E-state index contributed by atoms with van der Waals surface area (Å²) in [4.78, 5) is 30.0. The Bertz CT molecular complexity index is 1250. The highest BCUT2D eigenvalue weighted by Crippen LogP contribution is 2.18. The van der Waals surface area contributed by atoms with Crippen molar-refractivity contribution >= 4 is 34.1 Å². The van der Waals surface area contributed by atoms with Gasteiger partial charge in [0.15, 0.2) is 5.69 Å². The van der Waals surface area contributed by atoms with Crippen LogP contribution in [0.3, 0.4) is 0 Å². The van der Waals surface area contributed by atoms with Crippen LogP contribution in [0.1, 0.15) is 10.5 Å². The van der Waals surface area contributed by atoms with E-state index in [9.17, 15) is 9.59 Å². The summed E-state index contributed by atoms with van der Waals surface area (Å²) in [5, 5.41) is 8.32. The van der Waals surface area contributed by atoms with Gasteiger partial charge < -0.3 is 10.1 Å². The van der Waals surface area contributed by atoms with E-state index < -0.39 is 5.91 Å². The molecule has 0 aliphatic heterocycles. The molecule has 2 aromatic heterocycles. The molecular weight excluding hydrogens is 392 g/mol. The van der Waals surface area contributed by atoms with E-state index in [1.165, 1.54) is 10.9 Å². The minimum Gasteiger partial charge on any atom is -0.497 e. The summed E-state index contributed by atoms with van der Waals surface area (Å²) < 4.78 is 6.35. The fraction of sp³-hybridized carbons (Fsp3) is 0.0476. The number of halogens is 1. The molecule has 1 N–H and O–H groups in total. The van der Waals surface area contributed by atoms with Crippen molar-refractivity contribution in [1.29, 1.82) is 0 Å². The fourth-order valence-corrected chi connectivity index (χ4v) is 2.99. The van der Waals surface area contributed by atoms with Crippen molar-refractivity contribution in [2.24, 2.45) is 0 Å². The average molecular weight is 407 g/mol. The highest BCUT2D eigenvalue weighted by Gasteiger charge is 2.18. The number of rotatable bonds is 4. The maximum atomic E-state index is 13.0. The summed E-state index contributed by atoms with van der Waals surface area (Å²) in [6, 6.07) is 16.9. The van der Waals surface area contributed by atoms with Gasteiger partial charge >= 0.3 is 0 Å². The molecule has 1 amide bonds. The number of benzene rings is 2. The topological polar surface area (TPSA) is 86.1 Å². The zero-order valence-electron chi connectivity index (χ0n) is 15.3. The molecule has 0 aliphatic rings. The third-order valence-corrected chi connectivity index (χ3v) is 4.53. The van der Waals surface area contributed by atoms with E-state index in [1.807, 2.05) is 0 Å². The molecule has 7 nitrogen and oxygen atoms in total. The summed E-state index contributed by atoms with van der Waals surface area (Å²) in [7, 11) is 1.56. The van der Waals surface area contributed by atoms with Gasteiger partial charge in [0.1, 0.15) is 11.6 Å². The number of methoxy groups -OCH3 is 1. The summed E-state index contributed by atoms with van der Waals surface area (Å²) >= 11 is 5.84. The molecule has 0 bridgehead atoms. The second-order valence-corrected chi connectivity index (χ2v) is 6.56. The average Bonchev–Trinajstić information content (AvgIpc) is 2.76. The molecule has 0 aliphatic carbocycles. The van der Waals surface area contributed by atoms with E-state index in [0.29, 0.717) is 33.0 Å². The van der Waals surface area contributed by atoms with Crippen molar-refractivity contribution in [2.45, 2.75) is 0 Å². The van der Waals surface area contributed by atoms with Crippen molar-refractivity contribution < 1.29 is 9.53 Å². The summed E-state index contributed by atoms with van der Waals surface area (Å²) in [5.41, 5.74) is 0.292. The van der Waals surface area contributed by atoms with Gasteiger partial charge in [-0.25, -0.2) is 4.98 Å². The number of pyridine rings is 1. The van der Waals surface area contributed by atoms with Gasteiger partial charge in [0.2, 0.25) is 0 Å². The standard InChI is InChI=1S/C21H15ClN4O3/c1-29-15-9-7-14(8-10-15)26-21(28)17-5-3-2-4-16(17)19(25-26)20(27)24-18-11-6-13(22)12-23-18/h2-12H,1H3,(H,23,24,27). The lowest BCUT2D eigenvalue weighted by molar-refractivity contribution is 0.102. The molecule has 0 unspecified atom stereocenters. The van der Waals surface area contributed by atoms with Crippen LogP contribution in [-0.2, 0) is 0 Å². The van der Waals surface area contributed by atoms with Crippen LogP contribution >= 0.6 is 11.6 Å². The first kappa shape index (κ1) is 18.6. The molecule has 2 heterocycles. The summed E-state index contributed by atoms with van der Waals surface area (Å²) in [6.07, 6.45) is 1.43. The quantitative estimate of drug-likeness (QED) is 0.558. The van der Waals surface area contributed by atoms with Crippen LogP contribution in [0.4, 0.5) is 5.82 Å². The third-order valence-electron chi connectivity index (χ3n) is 4.31. The predicted molar refractivity (Wildman–Crippen MR) is 111 cm³/mol. The molecule has 144 valence electrons. The van der Waals surface area contributed by atoms with Crippen molar-refractivity contribution in [3.8, 4) is 11.4 Å². The van der Waals surface area contributed by atoms with Crippen LogP contribution in [0.25, 0.3) is 16.5 Å². The van der Waals surface area contributed by atoms with Crippen LogP contribution < -0.4 is 15.6 Å². The minimum absolute atomic E-state index is 0.104. The maximum Gasteiger partial charge on any atom is 0.279 e. The molecular formula is C21H15ClN4O3. The number of hydrogen-bond donors (Lipinski definition) is 1. The lowest BCUT2D eigenvalue weighted by Crippen LogP contribution is -2.26. The van der Waals surface area contributed by atoms with Gasteiger partial charge in [0.25, 0.3) is 11.5 Å². The Kier molecular flexibility index (Phi) is 4.97.